The molecule has 132 valence electrons. The molecule has 0 spiro atoms. The van der Waals surface area contributed by atoms with Crippen molar-refractivity contribution < 1.29 is 9.53 Å². The van der Waals surface area contributed by atoms with Crippen molar-refractivity contribution in [1.29, 1.82) is 0 Å². The summed E-state index contributed by atoms with van der Waals surface area (Å²) in [5.41, 5.74) is 3.50. The van der Waals surface area contributed by atoms with Crippen LogP contribution in [0.1, 0.15) is 44.1 Å². The lowest BCUT2D eigenvalue weighted by atomic mass is 9.62. The number of methoxy groups -OCH3 is 1. The van der Waals surface area contributed by atoms with Crippen molar-refractivity contribution in [2.75, 3.05) is 25.1 Å². The van der Waals surface area contributed by atoms with Gasteiger partial charge in [0, 0.05) is 23.1 Å². The SMILES string of the molecule is CC[C@]12C=C(C(=O)OC)N3c4ccccc4[C@@H]4CCN(CCC1)[C@@H]2[C@@H]43. The Balaban J connectivity index is 1.75. The molecule has 0 N–H and O–H groups in total. The number of hydrogen-bond acceptors (Lipinski definition) is 4. The van der Waals surface area contributed by atoms with Gasteiger partial charge in [-0.05, 0) is 56.5 Å². The number of fused-ring (bicyclic) bond motifs is 3. The minimum absolute atomic E-state index is 0.101. The van der Waals surface area contributed by atoms with Gasteiger partial charge in [0.2, 0.25) is 0 Å². The smallest absolute Gasteiger partial charge is 0.354 e. The quantitative estimate of drug-likeness (QED) is 0.775. The van der Waals surface area contributed by atoms with Crippen LogP contribution in [0.3, 0.4) is 0 Å². The molecule has 5 rings (SSSR count). The van der Waals surface area contributed by atoms with Gasteiger partial charge in [0.1, 0.15) is 5.70 Å². The maximum absolute atomic E-state index is 12.7. The second kappa shape index (κ2) is 5.34. The van der Waals surface area contributed by atoms with E-state index < -0.39 is 0 Å². The molecular formula is C21H26N2O2. The monoisotopic (exact) mass is 338 g/mol. The van der Waals surface area contributed by atoms with E-state index in [0.717, 1.165) is 12.1 Å². The fourth-order valence-electron chi connectivity index (χ4n) is 6.15. The summed E-state index contributed by atoms with van der Waals surface area (Å²) >= 11 is 0. The standard InChI is InChI=1S/C21H26N2O2/c1-3-21-10-6-11-22-12-9-15-14-7-4-5-8-16(14)23(18(15)19(21)22)17(13-21)20(24)25-2/h4-5,7-8,13,15,18-19H,3,6,9-12H2,1-2H3/t15-,18+,19+,21+/m0/s1. The molecule has 0 bridgehead atoms. The van der Waals surface area contributed by atoms with E-state index in [1.54, 1.807) is 0 Å². The highest BCUT2D eigenvalue weighted by Gasteiger charge is 2.59. The third-order valence-corrected chi connectivity index (χ3v) is 7.16. The third-order valence-electron chi connectivity index (χ3n) is 7.16. The van der Waals surface area contributed by atoms with Crippen molar-refractivity contribution in [2.45, 2.75) is 50.6 Å². The number of hydrogen-bond donors (Lipinski definition) is 0. The molecule has 0 aromatic heterocycles. The van der Waals surface area contributed by atoms with Crippen molar-refractivity contribution in [3.63, 3.8) is 0 Å². The molecule has 25 heavy (non-hydrogen) atoms. The molecule has 4 aliphatic heterocycles. The molecule has 1 aromatic rings. The Hall–Kier alpha value is -1.81. The Kier molecular flexibility index (Phi) is 3.30. The number of nitrogens with zero attached hydrogens (tertiary/aromatic N) is 2. The van der Waals surface area contributed by atoms with Crippen molar-refractivity contribution in [3.8, 4) is 0 Å². The van der Waals surface area contributed by atoms with Gasteiger partial charge in [-0.15, -0.1) is 0 Å². The number of ether oxygens (including phenoxy) is 1. The lowest BCUT2D eigenvalue weighted by molar-refractivity contribution is -0.136. The average Bonchev–Trinajstić information content (AvgIpc) is 3.01. The summed E-state index contributed by atoms with van der Waals surface area (Å²) in [5, 5.41) is 0. The zero-order chi connectivity index (χ0) is 17.2. The maximum Gasteiger partial charge on any atom is 0.354 e. The van der Waals surface area contributed by atoms with E-state index in [1.165, 1.54) is 50.7 Å². The summed E-state index contributed by atoms with van der Waals surface area (Å²) in [7, 11) is 1.50. The number of para-hydroxylation sites is 1. The zero-order valence-corrected chi connectivity index (χ0v) is 15.1. The number of rotatable bonds is 2. The number of carbonyl (C=O) groups excluding carboxylic acids is 1. The Morgan fingerprint density at radius 3 is 2.96 bits per heavy atom. The van der Waals surface area contributed by atoms with E-state index in [1.807, 2.05) is 0 Å². The molecular weight excluding hydrogens is 312 g/mol. The van der Waals surface area contributed by atoms with E-state index in [-0.39, 0.29) is 11.4 Å². The number of carbonyl (C=O) groups is 1. The molecule has 4 aliphatic rings. The number of esters is 1. The van der Waals surface area contributed by atoms with Crippen LogP contribution < -0.4 is 4.90 Å². The Labute approximate surface area is 149 Å². The van der Waals surface area contributed by atoms with Gasteiger partial charge in [-0.1, -0.05) is 25.1 Å². The Morgan fingerprint density at radius 1 is 1.32 bits per heavy atom. The van der Waals surface area contributed by atoms with Gasteiger partial charge in [-0.3, -0.25) is 4.90 Å². The van der Waals surface area contributed by atoms with E-state index in [4.69, 9.17) is 4.74 Å². The fraction of sp³-hybridized carbons (Fsp3) is 0.571. The Morgan fingerprint density at radius 2 is 2.16 bits per heavy atom. The zero-order valence-electron chi connectivity index (χ0n) is 15.1. The molecule has 4 heteroatoms. The molecule has 0 aliphatic carbocycles. The normalized spacial score (nSPS) is 35.7. The first-order valence-electron chi connectivity index (χ1n) is 9.63. The highest BCUT2D eigenvalue weighted by Crippen LogP contribution is 2.58. The first-order valence-corrected chi connectivity index (χ1v) is 9.63. The van der Waals surface area contributed by atoms with E-state index in [2.05, 4.69) is 47.1 Å². The highest BCUT2D eigenvalue weighted by atomic mass is 16.5. The minimum atomic E-state index is -0.190. The van der Waals surface area contributed by atoms with E-state index in [0.29, 0.717) is 18.0 Å². The minimum Gasteiger partial charge on any atom is -0.464 e. The van der Waals surface area contributed by atoms with Crippen LogP contribution in [0.5, 0.6) is 0 Å². The highest BCUT2D eigenvalue weighted by molar-refractivity contribution is 5.95. The second-order valence-corrected chi connectivity index (χ2v) is 8.01. The molecule has 0 amide bonds. The first-order chi connectivity index (χ1) is 12.2. The molecule has 4 heterocycles. The molecule has 0 unspecified atom stereocenters. The molecule has 2 saturated heterocycles. The summed E-state index contributed by atoms with van der Waals surface area (Å²) in [5.74, 6) is 0.333. The third kappa shape index (κ3) is 1.89. The summed E-state index contributed by atoms with van der Waals surface area (Å²) < 4.78 is 5.20. The van der Waals surface area contributed by atoms with Gasteiger partial charge in [0.05, 0.1) is 13.2 Å². The van der Waals surface area contributed by atoms with E-state index >= 15 is 0 Å². The second-order valence-electron chi connectivity index (χ2n) is 8.01. The largest absolute Gasteiger partial charge is 0.464 e. The maximum atomic E-state index is 12.7. The molecule has 0 saturated carbocycles. The topological polar surface area (TPSA) is 32.8 Å². The summed E-state index contributed by atoms with van der Waals surface area (Å²) in [6.07, 6.45) is 6.94. The van der Waals surface area contributed by atoms with Crippen molar-refractivity contribution in [2.24, 2.45) is 5.41 Å². The van der Waals surface area contributed by atoms with Crippen molar-refractivity contribution in [3.05, 3.63) is 41.6 Å². The molecule has 4 atom stereocenters. The van der Waals surface area contributed by atoms with Gasteiger partial charge in [-0.2, -0.15) is 0 Å². The van der Waals surface area contributed by atoms with Crippen LogP contribution in [0.15, 0.2) is 36.0 Å². The Bertz CT molecular complexity index is 758. The van der Waals surface area contributed by atoms with Crippen molar-refractivity contribution >= 4 is 11.7 Å². The molecule has 1 aromatic carbocycles. The lowest BCUT2D eigenvalue weighted by Gasteiger charge is -2.59. The summed E-state index contributed by atoms with van der Waals surface area (Å²) in [6.45, 7) is 4.66. The van der Waals surface area contributed by atoms with Crippen LogP contribution in [0, 0.1) is 5.41 Å². The lowest BCUT2D eigenvalue weighted by Crippen LogP contribution is -2.67. The predicted octanol–water partition coefficient (Wildman–Crippen LogP) is 3.29. The van der Waals surface area contributed by atoms with Crippen LogP contribution in [-0.4, -0.2) is 43.2 Å². The van der Waals surface area contributed by atoms with Crippen LogP contribution >= 0.6 is 0 Å². The number of anilines is 1. The van der Waals surface area contributed by atoms with E-state index in [9.17, 15) is 4.79 Å². The van der Waals surface area contributed by atoms with Crippen LogP contribution in [0.2, 0.25) is 0 Å². The summed E-state index contributed by atoms with van der Waals surface area (Å²) in [4.78, 5) is 17.7. The number of piperidine rings is 2. The van der Waals surface area contributed by atoms with Gasteiger partial charge < -0.3 is 9.64 Å². The molecule has 0 radical (unpaired) electrons. The van der Waals surface area contributed by atoms with Crippen LogP contribution in [-0.2, 0) is 9.53 Å². The predicted molar refractivity (Wildman–Crippen MR) is 97.5 cm³/mol. The number of benzene rings is 1. The summed E-state index contributed by atoms with van der Waals surface area (Å²) in [6, 6.07) is 9.54. The first kappa shape index (κ1) is 15.4. The molecule has 4 nitrogen and oxygen atoms in total. The van der Waals surface area contributed by atoms with Gasteiger partial charge in [0.25, 0.3) is 0 Å². The van der Waals surface area contributed by atoms with Gasteiger partial charge in [0.15, 0.2) is 0 Å². The van der Waals surface area contributed by atoms with Crippen molar-refractivity contribution in [1.82, 2.24) is 4.90 Å². The average molecular weight is 338 g/mol. The van der Waals surface area contributed by atoms with Gasteiger partial charge in [-0.25, -0.2) is 4.79 Å². The van der Waals surface area contributed by atoms with Gasteiger partial charge >= 0.3 is 5.97 Å². The fourth-order valence-corrected chi connectivity index (χ4v) is 6.15. The van der Waals surface area contributed by atoms with Crippen LogP contribution in [0.25, 0.3) is 0 Å². The van der Waals surface area contributed by atoms with Crippen LogP contribution in [0.4, 0.5) is 5.69 Å². The molecule has 2 fully saturated rings.